The molecule has 11 aromatic carbocycles. The molecule has 63 heavy (non-hydrogen) atoms. The van der Waals surface area contributed by atoms with Gasteiger partial charge in [0, 0.05) is 55.9 Å². The third kappa shape index (κ3) is 5.75. The maximum atomic E-state index is 6.70. The lowest BCUT2D eigenvalue weighted by atomic mass is 9.89. The van der Waals surface area contributed by atoms with Crippen molar-refractivity contribution in [3.8, 4) is 33.4 Å². The van der Waals surface area contributed by atoms with Gasteiger partial charge in [-0.25, -0.2) is 0 Å². The third-order valence-corrected chi connectivity index (χ3v) is 12.9. The van der Waals surface area contributed by atoms with Crippen molar-refractivity contribution in [2.45, 2.75) is 0 Å². The van der Waals surface area contributed by atoms with Crippen LogP contribution < -0.4 is 9.80 Å². The number of fused-ring (bicyclic) bond motifs is 8. The molecule has 1 aliphatic heterocycles. The predicted octanol–water partition coefficient (Wildman–Crippen LogP) is 17.3. The summed E-state index contributed by atoms with van der Waals surface area (Å²) in [6.07, 6.45) is 0. The van der Waals surface area contributed by atoms with E-state index in [-0.39, 0.29) is 0 Å². The van der Waals surface area contributed by atoms with Gasteiger partial charge in [-0.05, 0) is 116 Å². The number of rotatable bonds is 6. The average molecular weight is 803 g/mol. The number of anilines is 6. The quantitative estimate of drug-likeness (QED) is 0.167. The van der Waals surface area contributed by atoms with Gasteiger partial charge in [0.1, 0.15) is 11.2 Å². The molecule has 12 aromatic rings. The molecule has 0 aliphatic carbocycles. The molecule has 294 valence electrons. The SMILES string of the molecule is c1ccc(-c2ccc(N(c3ccc(-c4ccc5c(c4)N(c4ccc6ccccc6c4)c4cccc6cccc-5c46)cc3)c3ccc4c(c3)oc3c5ccccc5ccc43)cc2)cc1. The number of furan rings is 1. The van der Waals surface area contributed by atoms with Crippen LogP contribution in [0.4, 0.5) is 34.1 Å². The summed E-state index contributed by atoms with van der Waals surface area (Å²) < 4.78 is 6.70. The van der Waals surface area contributed by atoms with Gasteiger partial charge in [-0.2, -0.15) is 0 Å². The number of nitrogens with zero attached hydrogens (tertiary/aromatic N) is 2. The Morgan fingerprint density at radius 3 is 1.76 bits per heavy atom. The largest absolute Gasteiger partial charge is 0.455 e. The van der Waals surface area contributed by atoms with Gasteiger partial charge in [0.15, 0.2) is 0 Å². The van der Waals surface area contributed by atoms with Crippen LogP contribution in [0.1, 0.15) is 0 Å². The molecule has 1 aromatic heterocycles. The molecule has 0 radical (unpaired) electrons. The zero-order valence-corrected chi connectivity index (χ0v) is 34.2. The maximum absolute atomic E-state index is 6.70. The summed E-state index contributed by atoms with van der Waals surface area (Å²) in [4.78, 5) is 4.78. The van der Waals surface area contributed by atoms with Gasteiger partial charge in [-0.1, -0.05) is 158 Å². The summed E-state index contributed by atoms with van der Waals surface area (Å²) in [6, 6.07) is 83.5. The molecule has 3 nitrogen and oxygen atoms in total. The first-order valence-corrected chi connectivity index (χ1v) is 21.6. The molecule has 13 rings (SSSR count). The van der Waals surface area contributed by atoms with Gasteiger partial charge in [-0.3, -0.25) is 0 Å². The molecular formula is C60H38N2O. The van der Waals surface area contributed by atoms with Crippen molar-refractivity contribution in [3.05, 3.63) is 231 Å². The first-order valence-electron chi connectivity index (χ1n) is 21.6. The van der Waals surface area contributed by atoms with Crippen molar-refractivity contribution in [2.24, 2.45) is 0 Å². The Morgan fingerprint density at radius 1 is 0.333 bits per heavy atom. The monoisotopic (exact) mass is 802 g/mol. The highest BCUT2D eigenvalue weighted by atomic mass is 16.3. The van der Waals surface area contributed by atoms with Crippen LogP contribution in [0.3, 0.4) is 0 Å². The van der Waals surface area contributed by atoms with Gasteiger partial charge in [-0.15, -0.1) is 0 Å². The van der Waals surface area contributed by atoms with E-state index in [4.69, 9.17) is 4.42 Å². The zero-order valence-electron chi connectivity index (χ0n) is 34.2. The van der Waals surface area contributed by atoms with E-state index in [9.17, 15) is 0 Å². The summed E-state index contributed by atoms with van der Waals surface area (Å²) in [5.74, 6) is 0. The van der Waals surface area contributed by atoms with Gasteiger partial charge < -0.3 is 14.2 Å². The van der Waals surface area contributed by atoms with Crippen LogP contribution in [-0.2, 0) is 0 Å². The Hall–Kier alpha value is -8.40. The molecule has 3 heteroatoms. The Balaban J connectivity index is 0.929. The van der Waals surface area contributed by atoms with Crippen LogP contribution in [0.5, 0.6) is 0 Å². The predicted molar refractivity (Wildman–Crippen MR) is 265 cm³/mol. The lowest BCUT2D eigenvalue weighted by Crippen LogP contribution is -2.15. The van der Waals surface area contributed by atoms with Gasteiger partial charge in [0.2, 0.25) is 0 Å². The van der Waals surface area contributed by atoms with E-state index in [2.05, 4.69) is 240 Å². The van der Waals surface area contributed by atoms with Crippen LogP contribution in [0.25, 0.3) is 87.6 Å². The molecule has 0 saturated carbocycles. The number of hydrogen-bond acceptors (Lipinski definition) is 3. The smallest absolute Gasteiger partial charge is 0.143 e. The third-order valence-electron chi connectivity index (χ3n) is 12.9. The minimum Gasteiger partial charge on any atom is -0.455 e. The molecule has 0 spiro atoms. The van der Waals surface area contributed by atoms with Crippen molar-refractivity contribution in [1.29, 1.82) is 0 Å². The highest BCUT2D eigenvalue weighted by Crippen LogP contribution is 2.52. The van der Waals surface area contributed by atoms with Crippen LogP contribution in [-0.4, -0.2) is 0 Å². The molecule has 0 fully saturated rings. The Kier molecular flexibility index (Phi) is 7.91. The van der Waals surface area contributed by atoms with E-state index in [0.29, 0.717) is 0 Å². The lowest BCUT2D eigenvalue weighted by Gasteiger charge is -2.34. The summed E-state index contributed by atoms with van der Waals surface area (Å²) >= 11 is 0. The highest BCUT2D eigenvalue weighted by Gasteiger charge is 2.27. The van der Waals surface area contributed by atoms with Crippen molar-refractivity contribution in [2.75, 3.05) is 9.80 Å². The minimum absolute atomic E-state index is 0.865. The summed E-state index contributed by atoms with van der Waals surface area (Å²) in [7, 11) is 0. The second-order valence-corrected chi connectivity index (χ2v) is 16.5. The molecule has 1 aliphatic rings. The fraction of sp³-hybridized carbons (Fsp3) is 0. The number of benzene rings is 11. The Labute approximate surface area is 364 Å². The van der Waals surface area contributed by atoms with E-state index >= 15 is 0 Å². The molecule has 0 unspecified atom stereocenters. The van der Waals surface area contributed by atoms with E-state index in [1.54, 1.807) is 0 Å². The van der Waals surface area contributed by atoms with E-state index in [1.165, 1.54) is 60.6 Å². The summed E-state index contributed by atoms with van der Waals surface area (Å²) in [6.45, 7) is 0. The molecule has 0 atom stereocenters. The van der Waals surface area contributed by atoms with Gasteiger partial charge in [0.25, 0.3) is 0 Å². The van der Waals surface area contributed by atoms with E-state index < -0.39 is 0 Å². The van der Waals surface area contributed by atoms with Crippen molar-refractivity contribution >= 4 is 88.4 Å². The van der Waals surface area contributed by atoms with E-state index in [1.807, 2.05) is 0 Å². The molecular weight excluding hydrogens is 765 g/mol. The second-order valence-electron chi connectivity index (χ2n) is 16.5. The molecule has 0 saturated heterocycles. The summed E-state index contributed by atoms with van der Waals surface area (Å²) in [5.41, 5.74) is 15.6. The first-order chi connectivity index (χ1) is 31.2. The fourth-order valence-corrected chi connectivity index (χ4v) is 9.90. The van der Waals surface area contributed by atoms with Crippen LogP contribution in [0.15, 0.2) is 235 Å². The Morgan fingerprint density at radius 2 is 0.952 bits per heavy atom. The normalized spacial score (nSPS) is 12.1. The number of hydrogen-bond donors (Lipinski definition) is 0. The molecule has 0 bridgehead atoms. The van der Waals surface area contributed by atoms with Crippen LogP contribution in [0.2, 0.25) is 0 Å². The molecule has 0 amide bonds. The van der Waals surface area contributed by atoms with Crippen molar-refractivity contribution < 1.29 is 4.42 Å². The summed E-state index contributed by atoms with van der Waals surface area (Å²) in [5, 5.41) is 9.52. The van der Waals surface area contributed by atoms with Gasteiger partial charge >= 0.3 is 0 Å². The zero-order chi connectivity index (χ0) is 41.4. The topological polar surface area (TPSA) is 19.6 Å². The highest BCUT2D eigenvalue weighted by molar-refractivity contribution is 6.16. The van der Waals surface area contributed by atoms with Crippen LogP contribution in [0, 0.1) is 0 Å². The van der Waals surface area contributed by atoms with Crippen molar-refractivity contribution in [1.82, 2.24) is 0 Å². The van der Waals surface area contributed by atoms with E-state index in [0.717, 1.165) is 61.2 Å². The van der Waals surface area contributed by atoms with Crippen molar-refractivity contribution in [3.63, 3.8) is 0 Å². The fourth-order valence-electron chi connectivity index (χ4n) is 9.90. The van der Waals surface area contributed by atoms with Gasteiger partial charge in [0.05, 0.1) is 11.4 Å². The average Bonchev–Trinajstić information content (AvgIpc) is 3.73. The molecule has 2 heterocycles. The Bertz CT molecular complexity index is 3730. The minimum atomic E-state index is 0.865. The van der Waals surface area contributed by atoms with Crippen LogP contribution >= 0.6 is 0 Å². The maximum Gasteiger partial charge on any atom is 0.143 e. The second kappa shape index (κ2) is 14.1. The standard InChI is InChI=1S/C60H38N2O/c1-2-10-39(11-3-1)41-20-27-47(28-21-41)61(50-32-35-53-55-34-25-43-13-6-7-17-51(43)60(55)63-58(53)38-50)48-29-22-42(23-30-48)46-26-33-52-54-18-8-15-44-16-9-19-56(59(44)54)62(57(52)37-46)49-31-24-40-12-4-5-14-45(40)36-49/h1-38H. The lowest BCUT2D eigenvalue weighted by molar-refractivity contribution is 0.672. The molecule has 0 N–H and O–H groups in total. The first kappa shape index (κ1) is 35.4.